The van der Waals surface area contributed by atoms with E-state index in [2.05, 4.69) is 20.4 Å². The Kier molecular flexibility index (Phi) is 8.79. The quantitative estimate of drug-likeness (QED) is 0.196. The van der Waals surface area contributed by atoms with Crippen LogP contribution >= 0.6 is 11.6 Å². The number of halogens is 4. The zero-order chi connectivity index (χ0) is 33.5. The molecule has 0 saturated carbocycles. The van der Waals surface area contributed by atoms with Crippen molar-refractivity contribution in [2.45, 2.75) is 63.9 Å². The molecule has 2 aromatic carbocycles. The minimum absolute atomic E-state index is 0.0608. The van der Waals surface area contributed by atoms with E-state index in [0.29, 0.717) is 54.4 Å². The smallest absolute Gasteiger partial charge is 0.429 e. The first-order valence-electron chi connectivity index (χ1n) is 15.4. The van der Waals surface area contributed by atoms with Crippen molar-refractivity contribution in [3.8, 4) is 22.7 Å². The van der Waals surface area contributed by atoms with Gasteiger partial charge in [0.15, 0.2) is 0 Å². The summed E-state index contributed by atoms with van der Waals surface area (Å²) in [7, 11) is 0. The number of anilines is 2. The molecule has 4 aromatic rings. The molecule has 0 aliphatic carbocycles. The summed E-state index contributed by atoms with van der Waals surface area (Å²) in [5.74, 6) is -1.07. The SMILES string of the molecule is CCC1NC(C(=O)O)CC12CCN(c1cc(O[C@H](c3ccc(-c4cccc(Cl)c4)cc3-n3ccc(C)n3)C(F)(F)F)nc(N)n1)CC2. The molecule has 6 rings (SSSR count). The number of nitrogens with zero attached hydrogens (tertiary/aromatic N) is 5. The van der Waals surface area contributed by atoms with Crippen LogP contribution in [0.1, 0.15) is 50.0 Å². The van der Waals surface area contributed by atoms with Crippen LogP contribution in [0.5, 0.6) is 5.88 Å². The molecule has 2 aliphatic rings. The molecule has 0 radical (unpaired) electrons. The Morgan fingerprint density at radius 2 is 1.89 bits per heavy atom. The summed E-state index contributed by atoms with van der Waals surface area (Å²) in [5, 5.41) is 17.7. The fourth-order valence-electron chi connectivity index (χ4n) is 6.91. The Labute approximate surface area is 274 Å². The van der Waals surface area contributed by atoms with E-state index >= 15 is 0 Å². The highest BCUT2D eigenvalue weighted by Crippen LogP contribution is 2.46. The van der Waals surface area contributed by atoms with Crippen molar-refractivity contribution in [2.75, 3.05) is 23.7 Å². The zero-order valence-electron chi connectivity index (χ0n) is 25.8. The third kappa shape index (κ3) is 6.72. The van der Waals surface area contributed by atoms with E-state index in [9.17, 15) is 23.1 Å². The normalized spacial score (nSPS) is 20.0. The van der Waals surface area contributed by atoms with Crippen molar-refractivity contribution >= 4 is 29.3 Å². The second-order valence-electron chi connectivity index (χ2n) is 12.2. The van der Waals surface area contributed by atoms with Gasteiger partial charge in [-0.15, -0.1) is 0 Å². The monoisotopic (exact) mass is 669 g/mol. The molecule has 47 heavy (non-hydrogen) atoms. The lowest BCUT2D eigenvalue weighted by Gasteiger charge is -2.43. The molecule has 248 valence electrons. The van der Waals surface area contributed by atoms with Gasteiger partial charge in [-0.2, -0.15) is 28.2 Å². The minimum Gasteiger partial charge on any atom is -0.480 e. The Morgan fingerprint density at radius 3 is 2.53 bits per heavy atom. The highest BCUT2D eigenvalue weighted by Gasteiger charge is 2.50. The first-order chi connectivity index (χ1) is 22.3. The molecule has 2 saturated heterocycles. The van der Waals surface area contributed by atoms with Crippen LogP contribution in [0.2, 0.25) is 5.02 Å². The van der Waals surface area contributed by atoms with E-state index in [0.717, 1.165) is 12.0 Å². The van der Waals surface area contributed by atoms with E-state index in [4.69, 9.17) is 22.1 Å². The van der Waals surface area contributed by atoms with Crippen molar-refractivity contribution in [1.82, 2.24) is 25.1 Å². The largest absolute Gasteiger partial charge is 0.480 e. The van der Waals surface area contributed by atoms with Gasteiger partial charge >= 0.3 is 12.1 Å². The Morgan fingerprint density at radius 1 is 1.15 bits per heavy atom. The Balaban J connectivity index is 1.30. The van der Waals surface area contributed by atoms with Gasteiger partial charge in [-0.05, 0) is 73.4 Å². The number of nitrogen functional groups attached to an aromatic ring is 1. The van der Waals surface area contributed by atoms with Crippen molar-refractivity contribution in [3.05, 3.63) is 77.1 Å². The van der Waals surface area contributed by atoms with Crippen LogP contribution in [-0.4, -0.2) is 62.2 Å². The van der Waals surface area contributed by atoms with Gasteiger partial charge in [0.05, 0.1) is 11.4 Å². The van der Waals surface area contributed by atoms with Gasteiger partial charge in [-0.3, -0.25) is 4.79 Å². The second kappa shape index (κ2) is 12.7. The highest BCUT2D eigenvalue weighted by atomic mass is 35.5. The lowest BCUT2D eigenvalue weighted by molar-refractivity contribution is -0.198. The molecule has 14 heteroatoms. The average molecular weight is 670 g/mol. The maximum atomic E-state index is 14.8. The van der Waals surface area contributed by atoms with Gasteiger partial charge in [-0.1, -0.05) is 42.8 Å². The number of piperidine rings is 1. The number of ether oxygens (including phenoxy) is 1. The molecule has 0 amide bonds. The summed E-state index contributed by atoms with van der Waals surface area (Å²) in [4.78, 5) is 22.0. The molecule has 2 aromatic heterocycles. The molecule has 10 nitrogen and oxygen atoms in total. The summed E-state index contributed by atoms with van der Waals surface area (Å²) in [5.41, 5.74) is 7.83. The van der Waals surface area contributed by atoms with Crippen molar-refractivity contribution in [2.24, 2.45) is 5.41 Å². The van der Waals surface area contributed by atoms with E-state index in [-0.39, 0.29) is 34.5 Å². The highest BCUT2D eigenvalue weighted by molar-refractivity contribution is 6.30. The number of aromatic nitrogens is 4. The molecule has 0 bridgehead atoms. The van der Waals surface area contributed by atoms with Gasteiger partial charge in [0.1, 0.15) is 11.9 Å². The number of aliphatic carboxylic acids is 1. The van der Waals surface area contributed by atoms with Gasteiger partial charge in [-0.25, -0.2) is 4.68 Å². The molecular formula is C33H35ClF3N7O3. The summed E-state index contributed by atoms with van der Waals surface area (Å²) in [6.45, 7) is 4.83. The number of carboxylic acids is 1. The van der Waals surface area contributed by atoms with Gasteiger partial charge in [0, 0.05) is 42.0 Å². The fourth-order valence-corrected chi connectivity index (χ4v) is 7.10. The maximum Gasteiger partial charge on any atom is 0.429 e. The van der Waals surface area contributed by atoms with Crippen molar-refractivity contribution in [3.63, 3.8) is 0 Å². The Hall–Kier alpha value is -4.36. The topological polar surface area (TPSA) is 131 Å². The van der Waals surface area contributed by atoms with Crippen LogP contribution in [0, 0.1) is 12.3 Å². The van der Waals surface area contributed by atoms with E-state index < -0.39 is 24.3 Å². The third-order valence-electron chi connectivity index (χ3n) is 9.22. The number of rotatable bonds is 8. The van der Waals surface area contributed by atoms with Crippen LogP contribution in [0.15, 0.2) is 60.8 Å². The maximum absolute atomic E-state index is 14.8. The number of carboxylic acid groups (broad SMARTS) is 1. The number of hydrogen-bond donors (Lipinski definition) is 3. The number of nitrogens with one attached hydrogen (secondary N) is 1. The number of nitrogens with two attached hydrogens (primary N) is 1. The van der Waals surface area contributed by atoms with E-state index in [1.165, 1.54) is 16.8 Å². The average Bonchev–Trinajstić information content (AvgIpc) is 3.62. The summed E-state index contributed by atoms with van der Waals surface area (Å²) >= 11 is 6.19. The van der Waals surface area contributed by atoms with Crippen LogP contribution in [-0.2, 0) is 4.79 Å². The number of hydrogen-bond acceptors (Lipinski definition) is 8. The lowest BCUT2D eigenvalue weighted by atomic mass is 9.71. The zero-order valence-corrected chi connectivity index (χ0v) is 26.6. The predicted octanol–water partition coefficient (Wildman–Crippen LogP) is 6.37. The van der Waals surface area contributed by atoms with E-state index in [1.807, 2.05) is 17.9 Å². The second-order valence-corrected chi connectivity index (χ2v) is 12.7. The van der Waals surface area contributed by atoms with Crippen LogP contribution in [0.4, 0.5) is 24.9 Å². The first kappa shape index (κ1) is 32.6. The number of alkyl halides is 3. The molecule has 4 heterocycles. The van der Waals surface area contributed by atoms with Crippen molar-refractivity contribution < 1.29 is 27.8 Å². The number of benzene rings is 2. The first-order valence-corrected chi connectivity index (χ1v) is 15.8. The molecule has 3 atom stereocenters. The van der Waals surface area contributed by atoms with Gasteiger partial charge in [0.25, 0.3) is 0 Å². The molecular weight excluding hydrogens is 635 g/mol. The summed E-state index contributed by atoms with van der Waals surface area (Å²) in [6, 6.07) is 14.2. The molecule has 2 fully saturated rings. The minimum atomic E-state index is -4.84. The fraction of sp³-hybridized carbons (Fsp3) is 0.394. The molecule has 1 spiro atoms. The lowest BCUT2D eigenvalue weighted by Crippen LogP contribution is -2.46. The van der Waals surface area contributed by atoms with E-state index in [1.54, 1.807) is 49.5 Å². The van der Waals surface area contributed by atoms with Crippen LogP contribution in [0.25, 0.3) is 16.8 Å². The Bertz CT molecular complexity index is 1770. The molecule has 2 unspecified atom stereocenters. The van der Waals surface area contributed by atoms with Crippen LogP contribution in [0.3, 0.4) is 0 Å². The summed E-state index contributed by atoms with van der Waals surface area (Å²) < 4.78 is 51.6. The van der Waals surface area contributed by atoms with Crippen LogP contribution < -0.4 is 20.7 Å². The third-order valence-corrected chi connectivity index (χ3v) is 9.46. The molecule has 2 aliphatic heterocycles. The van der Waals surface area contributed by atoms with Gasteiger partial charge in [0.2, 0.25) is 17.9 Å². The number of aryl methyl sites for hydroxylation is 1. The van der Waals surface area contributed by atoms with Gasteiger partial charge < -0.3 is 25.8 Å². The standard InChI is InChI=1S/C33H35ClF3N7O3/c1-3-26-32(18-24(39-26)30(45)46)10-13-43(14-11-32)27-17-28(41-31(38)40-27)47-29(33(35,36)37)23-8-7-21(20-5-4-6-22(34)15-20)16-25(23)44-12-9-19(2)42-44/h4-9,12,15-17,24,26,29,39H,3,10-11,13-14,18H2,1-2H3,(H,45,46)(H2,38,40,41)/t24?,26?,29-/m1/s1. The predicted molar refractivity (Wildman–Crippen MR) is 172 cm³/mol. The summed E-state index contributed by atoms with van der Waals surface area (Å²) in [6.07, 6.45) is -2.95. The van der Waals surface area contributed by atoms with Crippen molar-refractivity contribution in [1.29, 1.82) is 0 Å². The number of carbonyl (C=O) groups is 1. The molecule has 4 N–H and O–H groups in total.